The lowest BCUT2D eigenvalue weighted by Crippen LogP contribution is -2.29. The van der Waals surface area contributed by atoms with E-state index in [0.717, 1.165) is 41.2 Å². The minimum atomic E-state index is -0.342. The fourth-order valence-corrected chi connectivity index (χ4v) is 3.78. The maximum atomic E-state index is 13.1. The van der Waals surface area contributed by atoms with E-state index in [-0.39, 0.29) is 11.7 Å². The Morgan fingerprint density at radius 2 is 1.96 bits per heavy atom. The smallest absolute Gasteiger partial charge is 0.253 e. The quantitative estimate of drug-likeness (QED) is 0.692. The first-order chi connectivity index (χ1) is 13.5. The number of benzene rings is 1. The Kier molecular flexibility index (Phi) is 4.90. The van der Waals surface area contributed by atoms with Gasteiger partial charge in [0.25, 0.3) is 5.91 Å². The molecular formula is C21H21FN4O2. The molecule has 0 unspecified atom stereocenters. The summed E-state index contributed by atoms with van der Waals surface area (Å²) in [6.45, 7) is 5.09. The zero-order valence-corrected chi connectivity index (χ0v) is 15.9. The van der Waals surface area contributed by atoms with Crippen molar-refractivity contribution >= 4 is 5.91 Å². The average molecular weight is 380 g/mol. The first kappa shape index (κ1) is 18.3. The monoisotopic (exact) mass is 380 g/mol. The van der Waals surface area contributed by atoms with E-state index in [0.29, 0.717) is 24.6 Å². The highest BCUT2D eigenvalue weighted by molar-refractivity contribution is 5.94. The summed E-state index contributed by atoms with van der Waals surface area (Å²) in [7, 11) is 0. The standard InChI is InChI=1S/C21H21FN4O2/c1-13-19(14(2)28-25-13)20-18(23-8-9-24-20)11-15-7-10-26(12-15)21(27)16-3-5-17(22)6-4-16/h3-6,8-9,15H,7,10-12H2,1-2H3/t15-/m1/s1. The van der Waals surface area contributed by atoms with E-state index in [1.807, 2.05) is 18.7 Å². The zero-order valence-electron chi connectivity index (χ0n) is 15.9. The molecule has 1 atom stereocenters. The van der Waals surface area contributed by atoms with Crippen LogP contribution in [0.5, 0.6) is 0 Å². The van der Waals surface area contributed by atoms with Crippen LogP contribution in [0.25, 0.3) is 11.3 Å². The van der Waals surface area contributed by atoms with Gasteiger partial charge in [-0.15, -0.1) is 0 Å². The second-order valence-electron chi connectivity index (χ2n) is 7.17. The van der Waals surface area contributed by atoms with Gasteiger partial charge in [0, 0.05) is 31.0 Å². The van der Waals surface area contributed by atoms with Crippen molar-refractivity contribution in [1.29, 1.82) is 0 Å². The van der Waals surface area contributed by atoms with Crippen LogP contribution in [-0.4, -0.2) is 39.0 Å². The molecule has 1 aliphatic rings. The number of carbonyl (C=O) groups is 1. The van der Waals surface area contributed by atoms with Gasteiger partial charge >= 0.3 is 0 Å². The summed E-state index contributed by atoms with van der Waals surface area (Å²) in [5.41, 5.74) is 3.87. The van der Waals surface area contributed by atoms with Gasteiger partial charge < -0.3 is 9.42 Å². The number of carbonyl (C=O) groups excluding carboxylic acids is 1. The van der Waals surface area contributed by atoms with Gasteiger partial charge in [-0.2, -0.15) is 0 Å². The molecule has 1 amide bonds. The van der Waals surface area contributed by atoms with Crippen molar-refractivity contribution in [2.24, 2.45) is 5.92 Å². The Bertz CT molecular complexity index is 980. The van der Waals surface area contributed by atoms with Crippen molar-refractivity contribution in [3.05, 3.63) is 65.2 Å². The first-order valence-corrected chi connectivity index (χ1v) is 9.31. The molecule has 0 radical (unpaired) electrons. The van der Waals surface area contributed by atoms with Crippen LogP contribution in [0.15, 0.2) is 41.2 Å². The van der Waals surface area contributed by atoms with Crippen LogP contribution in [-0.2, 0) is 6.42 Å². The number of nitrogens with zero attached hydrogens (tertiary/aromatic N) is 4. The lowest BCUT2D eigenvalue weighted by molar-refractivity contribution is 0.0787. The maximum Gasteiger partial charge on any atom is 0.253 e. The van der Waals surface area contributed by atoms with Crippen LogP contribution >= 0.6 is 0 Å². The van der Waals surface area contributed by atoms with E-state index in [2.05, 4.69) is 15.1 Å². The Balaban J connectivity index is 1.50. The highest BCUT2D eigenvalue weighted by Crippen LogP contribution is 2.30. The molecule has 1 aromatic carbocycles. The van der Waals surface area contributed by atoms with E-state index in [9.17, 15) is 9.18 Å². The van der Waals surface area contributed by atoms with E-state index in [4.69, 9.17) is 4.52 Å². The number of likely N-dealkylation sites (tertiary alicyclic amines) is 1. The van der Waals surface area contributed by atoms with Gasteiger partial charge in [-0.05, 0) is 56.9 Å². The van der Waals surface area contributed by atoms with E-state index in [1.54, 1.807) is 12.4 Å². The molecule has 0 N–H and O–H groups in total. The molecule has 1 fully saturated rings. The van der Waals surface area contributed by atoms with Crippen molar-refractivity contribution in [2.75, 3.05) is 13.1 Å². The number of hydrogen-bond donors (Lipinski definition) is 0. The summed E-state index contributed by atoms with van der Waals surface area (Å²) >= 11 is 0. The number of amides is 1. The van der Waals surface area contributed by atoms with Gasteiger partial charge in [0.15, 0.2) is 0 Å². The molecule has 144 valence electrons. The highest BCUT2D eigenvalue weighted by Gasteiger charge is 2.29. The molecule has 4 rings (SSSR count). The number of aryl methyl sites for hydroxylation is 2. The van der Waals surface area contributed by atoms with Gasteiger partial charge in [0.1, 0.15) is 11.6 Å². The van der Waals surface area contributed by atoms with Gasteiger partial charge in [-0.1, -0.05) is 5.16 Å². The number of hydrogen-bond acceptors (Lipinski definition) is 5. The van der Waals surface area contributed by atoms with Gasteiger partial charge in [-0.25, -0.2) is 4.39 Å². The van der Waals surface area contributed by atoms with Crippen molar-refractivity contribution in [1.82, 2.24) is 20.0 Å². The van der Waals surface area contributed by atoms with Crippen LogP contribution in [0.3, 0.4) is 0 Å². The third kappa shape index (κ3) is 3.52. The molecule has 1 aliphatic heterocycles. The SMILES string of the molecule is Cc1noc(C)c1-c1nccnc1C[C@H]1CCN(C(=O)c2ccc(F)cc2)C1. The van der Waals surface area contributed by atoms with Gasteiger partial charge in [0.2, 0.25) is 0 Å². The highest BCUT2D eigenvalue weighted by atomic mass is 19.1. The van der Waals surface area contributed by atoms with Crippen molar-refractivity contribution in [3.8, 4) is 11.3 Å². The maximum absolute atomic E-state index is 13.1. The fraction of sp³-hybridized carbons (Fsp3) is 0.333. The van der Waals surface area contributed by atoms with Crippen LogP contribution in [0.2, 0.25) is 0 Å². The predicted octanol–water partition coefficient (Wildman–Crippen LogP) is 3.59. The molecule has 2 aromatic heterocycles. The molecule has 3 heterocycles. The average Bonchev–Trinajstić information content (AvgIpc) is 3.29. The van der Waals surface area contributed by atoms with Crippen LogP contribution < -0.4 is 0 Å². The second-order valence-corrected chi connectivity index (χ2v) is 7.17. The summed E-state index contributed by atoms with van der Waals surface area (Å²) in [5, 5.41) is 4.02. The Morgan fingerprint density at radius 3 is 2.68 bits per heavy atom. The molecule has 28 heavy (non-hydrogen) atoms. The third-order valence-electron chi connectivity index (χ3n) is 5.19. The minimum Gasteiger partial charge on any atom is -0.361 e. The lowest BCUT2D eigenvalue weighted by Gasteiger charge is -2.17. The summed E-state index contributed by atoms with van der Waals surface area (Å²) < 4.78 is 18.4. The van der Waals surface area contributed by atoms with Crippen LogP contribution in [0.4, 0.5) is 4.39 Å². The van der Waals surface area contributed by atoms with Crippen molar-refractivity contribution in [3.63, 3.8) is 0 Å². The largest absolute Gasteiger partial charge is 0.361 e. The lowest BCUT2D eigenvalue weighted by atomic mass is 9.98. The Hall–Kier alpha value is -3.09. The minimum absolute atomic E-state index is 0.0624. The summed E-state index contributed by atoms with van der Waals surface area (Å²) in [5.74, 6) is 0.608. The molecule has 7 heteroatoms. The second kappa shape index (κ2) is 7.50. The molecular weight excluding hydrogens is 359 g/mol. The van der Waals surface area contributed by atoms with Gasteiger partial charge in [0.05, 0.1) is 22.6 Å². The molecule has 1 saturated heterocycles. The molecule has 0 bridgehead atoms. The zero-order chi connectivity index (χ0) is 19.7. The summed E-state index contributed by atoms with van der Waals surface area (Å²) in [6, 6.07) is 5.69. The normalized spacial score (nSPS) is 16.5. The Labute approximate surface area is 162 Å². The predicted molar refractivity (Wildman–Crippen MR) is 101 cm³/mol. The summed E-state index contributed by atoms with van der Waals surface area (Å²) in [6.07, 6.45) is 4.97. The topological polar surface area (TPSA) is 72.1 Å². The summed E-state index contributed by atoms with van der Waals surface area (Å²) in [4.78, 5) is 23.5. The molecule has 0 aliphatic carbocycles. The molecule has 6 nitrogen and oxygen atoms in total. The number of halogens is 1. The van der Waals surface area contributed by atoms with Crippen LogP contribution in [0.1, 0.15) is 33.9 Å². The molecule has 0 spiro atoms. The molecule has 0 saturated carbocycles. The van der Waals surface area contributed by atoms with E-state index >= 15 is 0 Å². The van der Waals surface area contributed by atoms with E-state index < -0.39 is 0 Å². The number of aromatic nitrogens is 3. The Morgan fingerprint density at radius 1 is 1.21 bits per heavy atom. The van der Waals surface area contributed by atoms with Gasteiger partial charge in [-0.3, -0.25) is 14.8 Å². The fourth-order valence-electron chi connectivity index (χ4n) is 3.78. The van der Waals surface area contributed by atoms with Crippen molar-refractivity contribution < 1.29 is 13.7 Å². The first-order valence-electron chi connectivity index (χ1n) is 9.31. The van der Waals surface area contributed by atoms with Crippen molar-refractivity contribution in [2.45, 2.75) is 26.7 Å². The molecule has 3 aromatic rings. The third-order valence-corrected chi connectivity index (χ3v) is 5.19. The van der Waals surface area contributed by atoms with E-state index in [1.165, 1.54) is 24.3 Å². The number of rotatable bonds is 4. The van der Waals surface area contributed by atoms with Crippen LogP contribution in [0, 0.1) is 25.6 Å².